The van der Waals surface area contributed by atoms with Gasteiger partial charge in [-0.05, 0) is 30.3 Å². The normalized spacial score (nSPS) is 9.65. The number of aromatic amines is 1. The molecule has 0 saturated carbocycles. The zero-order valence-corrected chi connectivity index (χ0v) is 13.9. The van der Waals surface area contributed by atoms with E-state index in [9.17, 15) is 4.79 Å². The van der Waals surface area contributed by atoms with Gasteiger partial charge < -0.3 is 20.3 Å². The Bertz CT molecular complexity index is 743. The van der Waals surface area contributed by atoms with Crippen molar-refractivity contribution in [3.05, 3.63) is 54.7 Å². The number of anilines is 3. The van der Waals surface area contributed by atoms with Crippen LogP contribution in [-0.4, -0.2) is 24.7 Å². The molecule has 0 radical (unpaired) electrons. The second-order valence-electron chi connectivity index (χ2n) is 4.65. The van der Waals surface area contributed by atoms with Gasteiger partial charge in [0.15, 0.2) is 0 Å². The smallest absolute Gasteiger partial charge is 0.211 e. The van der Waals surface area contributed by atoms with Gasteiger partial charge in [-0.15, -0.1) is 0 Å². The first-order valence-electron chi connectivity index (χ1n) is 7.11. The third-order valence-electron chi connectivity index (χ3n) is 3.18. The van der Waals surface area contributed by atoms with Crippen molar-refractivity contribution in [2.75, 3.05) is 28.7 Å². The number of amides is 1. The molecule has 0 aliphatic heterocycles. The minimum atomic E-state index is 0.662. The molecule has 120 valence electrons. The number of fused-ring (bicyclic) bond motifs is 1. The molecule has 23 heavy (non-hydrogen) atoms. The molecule has 0 spiro atoms. The number of nitrogens with one attached hydrogen (secondary N) is 4. The summed E-state index contributed by atoms with van der Waals surface area (Å²) in [6.45, 7) is 0. The summed E-state index contributed by atoms with van der Waals surface area (Å²) in [6.07, 6.45) is 4.66. The number of benzene rings is 2. The molecule has 3 aromatic rings. The predicted octanol–water partition coefficient (Wildman–Crippen LogP) is 4.15. The fourth-order valence-electron chi connectivity index (χ4n) is 2.08. The van der Waals surface area contributed by atoms with E-state index in [0.29, 0.717) is 6.41 Å². The van der Waals surface area contributed by atoms with Crippen LogP contribution in [0.4, 0.5) is 17.1 Å². The maximum Gasteiger partial charge on any atom is 0.211 e. The molecule has 0 aliphatic rings. The molecule has 5 nitrogen and oxygen atoms in total. The minimum absolute atomic E-state index is 0.662. The first-order chi connectivity index (χ1) is 11.3. The van der Waals surface area contributed by atoms with E-state index < -0.39 is 0 Å². The van der Waals surface area contributed by atoms with Crippen LogP contribution in [0.2, 0.25) is 0 Å². The lowest BCUT2D eigenvalue weighted by Gasteiger charge is -2.01. The SMILES string of the molecule is CNc1ccc2c(NSC)c[nH]c2c1.O=CNc1ccccc1. The summed E-state index contributed by atoms with van der Waals surface area (Å²) in [4.78, 5) is 13.1. The lowest BCUT2D eigenvalue weighted by Crippen LogP contribution is -1.91. The Labute approximate surface area is 140 Å². The first-order valence-corrected chi connectivity index (χ1v) is 8.34. The molecule has 0 saturated heterocycles. The van der Waals surface area contributed by atoms with Crippen LogP contribution >= 0.6 is 11.9 Å². The van der Waals surface area contributed by atoms with Gasteiger partial charge >= 0.3 is 0 Å². The molecule has 1 amide bonds. The number of H-pyrrole nitrogens is 1. The summed E-state index contributed by atoms with van der Waals surface area (Å²) in [6, 6.07) is 15.6. The Morgan fingerprint density at radius 2 is 1.87 bits per heavy atom. The highest BCUT2D eigenvalue weighted by molar-refractivity contribution is 7.99. The van der Waals surface area contributed by atoms with Gasteiger partial charge in [-0.1, -0.05) is 30.1 Å². The van der Waals surface area contributed by atoms with E-state index in [4.69, 9.17) is 0 Å². The van der Waals surface area contributed by atoms with E-state index in [0.717, 1.165) is 22.6 Å². The standard InChI is InChI=1S/C10H13N3S.C7H7NO/c1-11-7-3-4-8-9(5-7)12-6-10(8)13-14-2;9-6-8-7-4-2-1-3-5-7/h3-6,11-13H,1-2H3;1-6H,(H,8,9). The molecule has 2 aromatic carbocycles. The van der Waals surface area contributed by atoms with E-state index in [1.54, 1.807) is 11.9 Å². The molecule has 3 rings (SSSR count). The zero-order valence-electron chi connectivity index (χ0n) is 13.1. The number of carbonyl (C=O) groups is 1. The van der Waals surface area contributed by atoms with E-state index in [1.807, 2.05) is 49.8 Å². The Morgan fingerprint density at radius 3 is 2.52 bits per heavy atom. The van der Waals surface area contributed by atoms with Gasteiger partial charge in [-0.2, -0.15) is 0 Å². The molecule has 6 heteroatoms. The second kappa shape index (κ2) is 8.75. The van der Waals surface area contributed by atoms with E-state index >= 15 is 0 Å². The third-order valence-corrected chi connectivity index (χ3v) is 3.61. The largest absolute Gasteiger partial charge is 0.388 e. The Hall–Kier alpha value is -2.60. The maximum absolute atomic E-state index is 9.86. The summed E-state index contributed by atoms with van der Waals surface area (Å²) in [5.74, 6) is 0. The van der Waals surface area contributed by atoms with E-state index in [1.165, 1.54) is 5.39 Å². The maximum atomic E-state index is 9.86. The van der Waals surface area contributed by atoms with Gasteiger partial charge in [0.25, 0.3) is 0 Å². The Kier molecular flexibility index (Phi) is 6.38. The quantitative estimate of drug-likeness (QED) is 0.419. The highest BCUT2D eigenvalue weighted by atomic mass is 32.2. The fraction of sp³-hybridized carbons (Fsp3) is 0.118. The number of hydrogen-bond acceptors (Lipinski definition) is 4. The molecule has 1 aromatic heterocycles. The highest BCUT2D eigenvalue weighted by Gasteiger charge is 2.02. The summed E-state index contributed by atoms with van der Waals surface area (Å²) in [5, 5.41) is 6.86. The lowest BCUT2D eigenvalue weighted by atomic mass is 10.2. The van der Waals surface area contributed by atoms with Crippen molar-refractivity contribution in [1.82, 2.24) is 4.98 Å². The van der Waals surface area contributed by atoms with E-state index in [-0.39, 0.29) is 0 Å². The van der Waals surface area contributed by atoms with Crippen LogP contribution in [-0.2, 0) is 4.79 Å². The lowest BCUT2D eigenvalue weighted by molar-refractivity contribution is -0.105. The average molecular weight is 328 g/mol. The van der Waals surface area contributed by atoms with Crippen LogP contribution in [0.1, 0.15) is 0 Å². The Morgan fingerprint density at radius 1 is 1.09 bits per heavy atom. The van der Waals surface area contributed by atoms with Gasteiger partial charge in [0.05, 0.1) is 5.69 Å². The molecule has 0 aliphatic carbocycles. The first kappa shape index (κ1) is 16.8. The van der Waals surface area contributed by atoms with Crippen LogP contribution in [0.3, 0.4) is 0 Å². The van der Waals surface area contributed by atoms with Crippen LogP contribution in [0.15, 0.2) is 54.7 Å². The third kappa shape index (κ3) is 4.69. The summed E-state index contributed by atoms with van der Waals surface area (Å²) >= 11 is 1.60. The van der Waals surface area contributed by atoms with Crippen molar-refractivity contribution >= 4 is 46.3 Å². The van der Waals surface area contributed by atoms with Crippen LogP contribution in [0, 0.1) is 0 Å². The van der Waals surface area contributed by atoms with Crippen molar-refractivity contribution in [2.24, 2.45) is 0 Å². The molecule has 0 unspecified atom stereocenters. The van der Waals surface area contributed by atoms with Crippen LogP contribution in [0.5, 0.6) is 0 Å². The van der Waals surface area contributed by atoms with Gasteiger partial charge in [0, 0.05) is 41.8 Å². The topological polar surface area (TPSA) is 68.9 Å². The van der Waals surface area contributed by atoms with Gasteiger partial charge in [-0.25, -0.2) is 0 Å². The van der Waals surface area contributed by atoms with E-state index in [2.05, 4.69) is 38.5 Å². The number of aromatic nitrogens is 1. The van der Waals surface area contributed by atoms with Gasteiger partial charge in [0.1, 0.15) is 0 Å². The molecule has 0 bridgehead atoms. The van der Waals surface area contributed by atoms with Gasteiger partial charge in [0.2, 0.25) is 6.41 Å². The number of rotatable bonds is 5. The Balaban J connectivity index is 0.000000185. The molecular formula is C17H20N4OS. The highest BCUT2D eigenvalue weighted by Crippen LogP contribution is 2.26. The van der Waals surface area contributed by atoms with Gasteiger partial charge in [-0.3, -0.25) is 4.79 Å². The predicted molar refractivity (Wildman–Crippen MR) is 101 cm³/mol. The zero-order chi connectivity index (χ0) is 16.5. The van der Waals surface area contributed by atoms with Crippen molar-refractivity contribution in [1.29, 1.82) is 0 Å². The molecule has 1 heterocycles. The molecule has 4 N–H and O–H groups in total. The minimum Gasteiger partial charge on any atom is -0.388 e. The molecular weight excluding hydrogens is 308 g/mol. The number of carbonyl (C=O) groups excluding carboxylic acids is 1. The summed E-state index contributed by atoms with van der Waals surface area (Å²) < 4.78 is 3.23. The van der Waals surface area contributed by atoms with Crippen LogP contribution < -0.4 is 15.4 Å². The second-order valence-corrected chi connectivity index (χ2v) is 5.26. The summed E-state index contributed by atoms with van der Waals surface area (Å²) in [7, 11) is 1.92. The molecule has 0 atom stereocenters. The number of hydrogen-bond donors (Lipinski definition) is 4. The molecule has 0 fully saturated rings. The summed E-state index contributed by atoms with van der Waals surface area (Å²) in [5.41, 5.74) is 4.23. The number of para-hydroxylation sites is 1. The monoisotopic (exact) mass is 328 g/mol. The van der Waals surface area contributed by atoms with Crippen LogP contribution in [0.25, 0.3) is 10.9 Å². The average Bonchev–Trinajstić information content (AvgIpc) is 2.99. The fourth-order valence-corrected chi connectivity index (χ4v) is 2.47. The van der Waals surface area contributed by atoms with Crippen molar-refractivity contribution < 1.29 is 4.79 Å². The van der Waals surface area contributed by atoms with Crippen molar-refractivity contribution in [2.45, 2.75) is 0 Å². The van der Waals surface area contributed by atoms with Crippen molar-refractivity contribution in [3.63, 3.8) is 0 Å². The van der Waals surface area contributed by atoms with Crippen molar-refractivity contribution in [3.8, 4) is 0 Å².